The first-order valence-electron chi connectivity index (χ1n) is 7.53. The van der Waals surface area contributed by atoms with Gasteiger partial charge in [0.2, 0.25) is 0 Å². The van der Waals surface area contributed by atoms with E-state index in [0.29, 0.717) is 20.8 Å². The minimum absolute atomic E-state index is 0.630. The molecule has 0 aliphatic carbocycles. The van der Waals surface area contributed by atoms with Crippen LogP contribution >= 0.6 is 46.6 Å². The highest BCUT2D eigenvalue weighted by Crippen LogP contribution is 2.31. The summed E-state index contributed by atoms with van der Waals surface area (Å²) in [5.41, 5.74) is 3.98. The molecule has 2 aromatic carbocycles. The number of rotatable bonds is 3. The van der Waals surface area contributed by atoms with Crippen LogP contribution in [0.25, 0.3) is 16.6 Å². The molecule has 0 aliphatic rings. The number of aromatic nitrogens is 3. The number of thioether (sulfide) groups is 1. The van der Waals surface area contributed by atoms with Crippen LogP contribution in [-0.2, 0) is 5.75 Å². The van der Waals surface area contributed by atoms with Crippen molar-refractivity contribution in [1.82, 2.24) is 14.6 Å². The molecule has 7 heteroatoms. The Kier molecular flexibility index (Phi) is 4.54. The van der Waals surface area contributed by atoms with Gasteiger partial charge in [-0.1, -0.05) is 52.6 Å². The Hall–Kier alpha value is -1.46. The van der Waals surface area contributed by atoms with E-state index in [-0.39, 0.29) is 0 Å². The number of halogens is 3. The third-order valence-corrected chi connectivity index (χ3v) is 5.80. The van der Waals surface area contributed by atoms with Gasteiger partial charge in [-0.25, -0.2) is 0 Å². The summed E-state index contributed by atoms with van der Waals surface area (Å²) in [6, 6.07) is 13.4. The smallest absolute Gasteiger partial charge is 0.196 e. The summed E-state index contributed by atoms with van der Waals surface area (Å²) in [5.74, 6) is 0.680. The summed E-state index contributed by atoms with van der Waals surface area (Å²) in [7, 11) is 0. The van der Waals surface area contributed by atoms with Crippen molar-refractivity contribution in [2.24, 2.45) is 0 Å². The highest BCUT2D eigenvalue weighted by atomic mass is 35.5. The second-order valence-electron chi connectivity index (χ2n) is 5.69. The van der Waals surface area contributed by atoms with E-state index < -0.39 is 0 Å². The van der Waals surface area contributed by atoms with Crippen molar-refractivity contribution >= 4 is 63.1 Å². The summed E-state index contributed by atoms with van der Waals surface area (Å²) >= 11 is 20.0. The van der Waals surface area contributed by atoms with Crippen LogP contribution in [0.15, 0.2) is 47.6 Å². The minimum Gasteiger partial charge on any atom is -0.270 e. The third kappa shape index (κ3) is 3.20. The molecule has 4 aromatic rings. The number of benzene rings is 2. The van der Waals surface area contributed by atoms with Crippen molar-refractivity contribution in [2.45, 2.75) is 17.8 Å². The van der Waals surface area contributed by atoms with Gasteiger partial charge < -0.3 is 0 Å². The second-order valence-corrected chi connectivity index (χ2v) is 7.91. The average Bonchev–Trinajstić information content (AvgIpc) is 2.97. The highest BCUT2D eigenvalue weighted by Gasteiger charge is 2.13. The second kappa shape index (κ2) is 6.69. The molecule has 0 saturated carbocycles. The van der Waals surface area contributed by atoms with Crippen LogP contribution in [0.3, 0.4) is 0 Å². The van der Waals surface area contributed by atoms with E-state index in [2.05, 4.69) is 10.2 Å². The molecule has 0 radical (unpaired) electrons. The zero-order chi connectivity index (χ0) is 17.6. The first-order valence-corrected chi connectivity index (χ1v) is 9.65. The molecule has 0 amide bonds. The lowest BCUT2D eigenvalue weighted by atomic mass is 10.1. The van der Waals surface area contributed by atoms with Crippen LogP contribution < -0.4 is 0 Å². The molecule has 0 atom stereocenters. The van der Waals surface area contributed by atoms with E-state index in [0.717, 1.165) is 32.8 Å². The van der Waals surface area contributed by atoms with Gasteiger partial charge in [0.1, 0.15) is 0 Å². The molecule has 3 nitrogen and oxygen atoms in total. The van der Waals surface area contributed by atoms with Gasteiger partial charge in [0, 0.05) is 26.2 Å². The van der Waals surface area contributed by atoms with Crippen molar-refractivity contribution in [3.8, 4) is 0 Å². The molecule has 0 N–H and O–H groups in total. The summed E-state index contributed by atoms with van der Waals surface area (Å²) < 4.78 is 2.05. The number of pyridine rings is 1. The van der Waals surface area contributed by atoms with E-state index in [9.17, 15) is 0 Å². The summed E-state index contributed by atoms with van der Waals surface area (Å²) in [4.78, 5) is 0. The van der Waals surface area contributed by atoms with Crippen LogP contribution in [0.5, 0.6) is 0 Å². The van der Waals surface area contributed by atoms with Gasteiger partial charge in [-0.2, -0.15) is 0 Å². The molecule has 0 spiro atoms. The fraction of sp³-hybridized carbons (Fsp3) is 0.111. The average molecular weight is 409 g/mol. The molecule has 2 heterocycles. The molecule has 25 heavy (non-hydrogen) atoms. The van der Waals surface area contributed by atoms with Crippen LogP contribution in [-0.4, -0.2) is 14.6 Å². The quantitative estimate of drug-likeness (QED) is 0.365. The molecular formula is C18H12Cl3N3S. The molecular weight excluding hydrogens is 397 g/mol. The van der Waals surface area contributed by atoms with E-state index in [1.165, 1.54) is 0 Å². The van der Waals surface area contributed by atoms with Gasteiger partial charge in [0.05, 0.1) is 5.52 Å². The van der Waals surface area contributed by atoms with Crippen LogP contribution in [0.1, 0.15) is 11.1 Å². The number of fused-ring (bicyclic) bond motifs is 3. The minimum atomic E-state index is 0.630. The molecule has 2 aromatic heterocycles. The largest absolute Gasteiger partial charge is 0.270 e. The van der Waals surface area contributed by atoms with Crippen LogP contribution in [0.4, 0.5) is 0 Å². The normalized spacial score (nSPS) is 11.5. The van der Waals surface area contributed by atoms with Gasteiger partial charge in [-0.3, -0.25) is 4.40 Å². The maximum atomic E-state index is 6.27. The van der Waals surface area contributed by atoms with Gasteiger partial charge in [-0.15, -0.1) is 10.2 Å². The van der Waals surface area contributed by atoms with Crippen LogP contribution in [0.2, 0.25) is 15.1 Å². The number of nitrogens with zero attached hydrogens (tertiary/aromatic N) is 3. The van der Waals surface area contributed by atoms with E-state index in [4.69, 9.17) is 34.8 Å². The molecule has 4 rings (SSSR count). The SMILES string of the molecule is Cc1cc2nnc(SCc3ccc(Cl)cc3Cl)n2c2ccc(Cl)cc12. The molecule has 126 valence electrons. The first-order chi connectivity index (χ1) is 12.0. The Bertz CT molecular complexity index is 1110. The lowest BCUT2D eigenvalue weighted by Gasteiger charge is -2.08. The monoisotopic (exact) mass is 407 g/mol. The Morgan fingerprint density at radius 3 is 2.52 bits per heavy atom. The maximum Gasteiger partial charge on any atom is 0.196 e. The maximum absolute atomic E-state index is 6.27. The Balaban J connectivity index is 1.77. The number of aryl methyl sites for hydroxylation is 1. The predicted molar refractivity (Wildman–Crippen MR) is 106 cm³/mol. The van der Waals surface area contributed by atoms with Gasteiger partial charge in [0.15, 0.2) is 10.8 Å². The predicted octanol–water partition coefficient (Wildman–Crippen LogP) is 6.44. The zero-order valence-corrected chi connectivity index (χ0v) is 16.2. The fourth-order valence-corrected chi connectivity index (χ4v) is 4.45. The van der Waals surface area contributed by atoms with Gasteiger partial charge >= 0.3 is 0 Å². The van der Waals surface area contributed by atoms with E-state index in [1.54, 1.807) is 17.8 Å². The van der Waals surface area contributed by atoms with Crippen LogP contribution in [0, 0.1) is 6.92 Å². The molecule has 0 saturated heterocycles. The summed E-state index contributed by atoms with van der Waals surface area (Å²) in [6.07, 6.45) is 0. The molecule has 0 fully saturated rings. The zero-order valence-electron chi connectivity index (χ0n) is 13.1. The molecule has 0 aliphatic heterocycles. The summed E-state index contributed by atoms with van der Waals surface area (Å²) in [5, 5.41) is 12.6. The standard InChI is InChI=1S/C18H12Cl3N3S/c1-10-6-17-22-23-18(24(17)16-5-4-12(19)7-14(10)16)25-9-11-2-3-13(20)8-15(11)21/h2-8H,9H2,1H3. The van der Waals surface area contributed by atoms with Gasteiger partial charge in [-0.05, 0) is 54.4 Å². The van der Waals surface area contributed by atoms with E-state index >= 15 is 0 Å². The number of hydrogen-bond acceptors (Lipinski definition) is 3. The highest BCUT2D eigenvalue weighted by molar-refractivity contribution is 7.98. The van der Waals surface area contributed by atoms with Crippen molar-refractivity contribution in [3.63, 3.8) is 0 Å². The fourth-order valence-electron chi connectivity index (χ4n) is 2.77. The molecule has 0 bridgehead atoms. The lowest BCUT2D eigenvalue weighted by molar-refractivity contribution is 0.939. The Labute approximate surface area is 163 Å². The van der Waals surface area contributed by atoms with Crippen molar-refractivity contribution < 1.29 is 0 Å². The van der Waals surface area contributed by atoms with Crippen molar-refractivity contribution in [2.75, 3.05) is 0 Å². The Morgan fingerprint density at radius 1 is 0.960 bits per heavy atom. The molecule has 0 unspecified atom stereocenters. The third-order valence-electron chi connectivity index (χ3n) is 4.00. The van der Waals surface area contributed by atoms with Gasteiger partial charge in [0.25, 0.3) is 0 Å². The number of hydrogen-bond donors (Lipinski definition) is 0. The van der Waals surface area contributed by atoms with Crippen molar-refractivity contribution in [3.05, 3.63) is 68.7 Å². The topological polar surface area (TPSA) is 30.2 Å². The lowest BCUT2D eigenvalue weighted by Crippen LogP contribution is -1.94. The Morgan fingerprint density at radius 2 is 1.72 bits per heavy atom. The van der Waals surface area contributed by atoms with E-state index in [1.807, 2.05) is 47.7 Å². The first kappa shape index (κ1) is 17.0. The van der Waals surface area contributed by atoms with Crippen molar-refractivity contribution in [1.29, 1.82) is 0 Å². The summed E-state index contributed by atoms with van der Waals surface area (Å²) in [6.45, 7) is 2.05.